The van der Waals surface area contributed by atoms with Crippen molar-refractivity contribution in [2.75, 3.05) is 0 Å². The Balaban J connectivity index is 2.62. The number of rotatable bonds is 4. The predicted octanol–water partition coefficient (Wildman–Crippen LogP) is 5.85. The van der Waals surface area contributed by atoms with Crippen LogP contribution >= 0.6 is 22.7 Å². The molecule has 0 atom stereocenters. The van der Waals surface area contributed by atoms with Crippen LogP contribution in [-0.2, 0) is 0 Å². The molecular formula is C15H24S2Si. The first-order chi connectivity index (χ1) is 8.40. The molecule has 100 valence electrons. The molecule has 2 aromatic rings. The Morgan fingerprint density at radius 1 is 0.889 bits per heavy atom. The summed E-state index contributed by atoms with van der Waals surface area (Å²) in [6.45, 7) is 14.7. The maximum Gasteiger partial charge on any atom is 0.107 e. The highest BCUT2D eigenvalue weighted by Gasteiger charge is 2.45. The van der Waals surface area contributed by atoms with Gasteiger partial charge in [0, 0.05) is 9.40 Å². The third-order valence-electron chi connectivity index (χ3n) is 4.43. The van der Waals surface area contributed by atoms with Crippen molar-refractivity contribution in [3.63, 3.8) is 0 Å². The molecule has 0 aliphatic carbocycles. The summed E-state index contributed by atoms with van der Waals surface area (Å²) in [4.78, 5) is 0. The van der Waals surface area contributed by atoms with Gasteiger partial charge >= 0.3 is 0 Å². The van der Waals surface area contributed by atoms with Gasteiger partial charge < -0.3 is 0 Å². The van der Waals surface area contributed by atoms with Gasteiger partial charge in [0.25, 0.3) is 0 Å². The quantitative estimate of drug-likeness (QED) is 0.621. The number of hydrogen-bond acceptors (Lipinski definition) is 2. The van der Waals surface area contributed by atoms with Crippen molar-refractivity contribution in [2.45, 2.75) is 58.2 Å². The maximum absolute atomic E-state index is 2.51. The highest BCUT2D eigenvalue weighted by Crippen LogP contribution is 2.43. The molecule has 0 fully saturated rings. The zero-order valence-electron chi connectivity index (χ0n) is 12.3. The van der Waals surface area contributed by atoms with Gasteiger partial charge in [0.1, 0.15) is 8.07 Å². The number of fused-ring (bicyclic) bond motifs is 1. The first kappa shape index (κ1) is 14.3. The summed E-state index contributed by atoms with van der Waals surface area (Å²) in [6.07, 6.45) is 0. The van der Waals surface area contributed by atoms with E-state index in [1.54, 1.807) is 4.50 Å². The van der Waals surface area contributed by atoms with Gasteiger partial charge in [-0.2, -0.15) is 0 Å². The Labute approximate surface area is 120 Å². The molecule has 0 nitrogen and oxygen atoms in total. The van der Waals surface area contributed by atoms with Crippen LogP contribution in [0.25, 0.3) is 9.40 Å². The van der Waals surface area contributed by atoms with Gasteiger partial charge in [0.15, 0.2) is 0 Å². The minimum atomic E-state index is -1.43. The number of thiophene rings is 2. The monoisotopic (exact) mass is 296 g/mol. The molecule has 2 heterocycles. The second kappa shape index (κ2) is 5.10. The normalized spacial score (nSPS) is 13.4. The van der Waals surface area contributed by atoms with Crippen LogP contribution < -0.4 is 4.50 Å². The zero-order valence-corrected chi connectivity index (χ0v) is 14.9. The molecule has 2 aromatic heterocycles. The highest BCUT2D eigenvalue weighted by molar-refractivity contribution is 7.35. The molecule has 0 aromatic carbocycles. The molecule has 0 saturated carbocycles. The Hall–Kier alpha value is -0.123. The number of hydrogen-bond donors (Lipinski definition) is 0. The van der Waals surface area contributed by atoms with Gasteiger partial charge in [0.2, 0.25) is 0 Å². The first-order valence-corrected chi connectivity index (χ1v) is 10.8. The van der Waals surface area contributed by atoms with Gasteiger partial charge in [-0.15, -0.1) is 22.7 Å². The molecule has 0 aliphatic rings. The third kappa shape index (κ3) is 2.00. The maximum atomic E-state index is 2.51. The molecule has 3 heteroatoms. The fourth-order valence-electron chi connectivity index (χ4n) is 3.83. The molecule has 0 aliphatic heterocycles. The van der Waals surface area contributed by atoms with Crippen molar-refractivity contribution in [1.29, 1.82) is 0 Å². The lowest BCUT2D eigenvalue weighted by Gasteiger charge is -2.42. The van der Waals surface area contributed by atoms with Crippen LogP contribution in [0.15, 0.2) is 17.5 Å². The van der Waals surface area contributed by atoms with Gasteiger partial charge in [-0.25, -0.2) is 0 Å². The molecule has 0 bridgehead atoms. The first-order valence-electron chi connectivity index (χ1n) is 6.88. The van der Waals surface area contributed by atoms with Crippen LogP contribution in [0.4, 0.5) is 0 Å². The van der Waals surface area contributed by atoms with Crippen LogP contribution in [0.2, 0.25) is 16.6 Å². The van der Waals surface area contributed by atoms with Crippen molar-refractivity contribution >= 4 is 44.6 Å². The molecule has 0 spiro atoms. The SMILES string of the molecule is CC(C)[Si](c1cc2sccc2s1)(C(C)C)C(C)C. The minimum Gasteiger partial charge on any atom is -0.144 e. The topological polar surface area (TPSA) is 0 Å². The van der Waals surface area contributed by atoms with Crippen LogP contribution in [0, 0.1) is 0 Å². The fourth-order valence-corrected chi connectivity index (χ4v) is 15.1. The summed E-state index contributed by atoms with van der Waals surface area (Å²) < 4.78 is 4.71. The summed E-state index contributed by atoms with van der Waals surface area (Å²) >= 11 is 3.96. The second-order valence-corrected chi connectivity index (χ2v) is 14.4. The lowest BCUT2D eigenvalue weighted by atomic mass is 10.5. The van der Waals surface area contributed by atoms with E-state index in [4.69, 9.17) is 0 Å². The molecule has 0 saturated heterocycles. The van der Waals surface area contributed by atoms with Gasteiger partial charge in [-0.05, 0) is 38.6 Å². The van der Waals surface area contributed by atoms with E-state index in [1.165, 1.54) is 9.40 Å². The third-order valence-corrected chi connectivity index (χ3v) is 14.4. The van der Waals surface area contributed by atoms with Crippen LogP contribution in [-0.4, -0.2) is 8.07 Å². The van der Waals surface area contributed by atoms with Gasteiger partial charge in [-0.3, -0.25) is 0 Å². The Morgan fingerprint density at radius 3 is 1.89 bits per heavy atom. The van der Waals surface area contributed by atoms with E-state index >= 15 is 0 Å². The summed E-state index contributed by atoms with van der Waals surface area (Å²) in [7, 11) is -1.43. The molecule has 0 N–H and O–H groups in total. The van der Waals surface area contributed by atoms with E-state index in [0.29, 0.717) is 0 Å². The molecule has 0 radical (unpaired) electrons. The molecule has 18 heavy (non-hydrogen) atoms. The highest BCUT2D eigenvalue weighted by atomic mass is 32.1. The van der Waals surface area contributed by atoms with Gasteiger partial charge in [0.05, 0.1) is 0 Å². The molecular weight excluding hydrogens is 272 g/mol. The fraction of sp³-hybridized carbons (Fsp3) is 0.600. The molecule has 2 rings (SSSR count). The summed E-state index contributed by atoms with van der Waals surface area (Å²) in [5, 5.41) is 2.22. The minimum absolute atomic E-state index is 0.810. The van der Waals surface area contributed by atoms with Gasteiger partial charge in [-0.1, -0.05) is 41.5 Å². The summed E-state index contributed by atoms with van der Waals surface area (Å²) in [5.74, 6) is 0. The Bertz CT molecular complexity index is 469. The van der Waals surface area contributed by atoms with Crippen LogP contribution in [0.5, 0.6) is 0 Å². The summed E-state index contributed by atoms with van der Waals surface area (Å²) in [6, 6.07) is 4.80. The average Bonchev–Trinajstić information content (AvgIpc) is 2.76. The molecule has 0 amide bonds. The Morgan fingerprint density at radius 2 is 1.44 bits per heavy atom. The van der Waals surface area contributed by atoms with Crippen molar-refractivity contribution in [2.24, 2.45) is 0 Å². The zero-order chi connectivity index (χ0) is 13.5. The molecule has 0 unspecified atom stereocenters. The summed E-state index contributed by atoms with van der Waals surface area (Å²) in [5.41, 5.74) is 2.43. The van der Waals surface area contributed by atoms with Crippen molar-refractivity contribution in [3.8, 4) is 0 Å². The van der Waals surface area contributed by atoms with Crippen molar-refractivity contribution < 1.29 is 0 Å². The predicted molar refractivity (Wildman–Crippen MR) is 90.4 cm³/mol. The largest absolute Gasteiger partial charge is 0.144 e. The van der Waals surface area contributed by atoms with E-state index in [-0.39, 0.29) is 0 Å². The van der Waals surface area contributed by atoms with Crippen LogP contribution in [0.3, 0.4) is 0 Å². The second-order valence-electron chi connectivity index (χ2n) is 6.16. The van der Waals surface area contributed by atoms with E-state index in [9.17, 15) is 0 Å². The van der Waals surface area contributed by atoms with E-state index in [0.717, 1.165) is 16.6 Å². The smallest absolute Gasteiger partial charge is 0.107 e. The lowest BCUT2D eigenvalue weighted by molar-refractivity contribution is 0.837. The lowest BCUT2D eigenvalue weighted by Crippen LogP contribution is -2.54. The van der Waals surface area contributed by atoms with Crippen molar-refractivity contribution in [1.82, 2.24) is 0 Å². The van der Waals surface area contributed by atoms with Crippen molar-refractivity contribution in [3.05, 3.63) is 17.5 Å². The van der Waals surface area contributed by atoms with E-state index in [1.807, 2.05) is 11.3 Å². The Kier molecular flexibility index (Phi) is 4.05. The van der Waals surface area contributed by atoms with E-state index in [2.05, 4.69) is 70.4 Å². The van der Waals surface area contributed by atoms with Crippen LogP contribution in [0.1, 0.15) is 41.5 Å². The van der Waals surface area contributed by atoms with E-state index < -0.39 is 8.07 Å². The average molecular weight is 297 g/mol. The standard InChI is InChI=1S/C15H24S2Si/c1-10(2)18(11(3)4,12(5)6)15-9-14-13(17-15)7-8-16-14/h7-12H,1-6H3.